The monoisotopic (exact) mass is 533 g/mol. The van der Waals surface area contributed by atoms with Crippen LogP contribution >= 0.6 is 11.3 Å². The van der Waals surface area contributed by atoms with Crippen LogP contribution in [0.15, 0.2) is 23.6 Å². The molecule has 0 bridgehead atoms. The molecule has 0 aliphatic carbocycles. The maximum atomic E-state index is 13.2. The first-order valence-electron chi connectivity index (χ1n) is 12.2. The molecule has 1 aromatic carbocycles. The summed E-state index contributed by atoms with van der Waals surface area (Å²) < 4.78 is 16.3. The number of carbonyl (C=O) groups excluding carboxylic acids is 3. The van der Waals surface area contributed by atoms with Gasteiger partial charge >= 0.3 is 0 Å². The van der Waals surface area contributed by atoms with Crippen molar-refractivity contribution in [2.45, 2.75) is 32.2 Å². The number of ether oxygens (including phenoxy) is 3. The van der Waals surface area contributed by atoms with Gasteiger partial charge in [0.15, 0.2) is 5.13 Å². The molecule has 2 aromatic rings. The molecule has 0 atom stereocenters. The zero-order valence-corrected chi connectivity index (χ0v) is 22.3. The van der Waals surface area contributed by atoms with E-state index in [1.54, 1.807) is 30.7 Å². The van der Waals surface area contributed by atoms with Gasteiger partial charge in [-0.15, -0.1) is 11.3 Å². The molecule has 3 N–H and O–H groups in total. The van der Waals surface area contributed by atoms with E-state index in [0.717, 1.165) is 12.8 Å². The summed E-state index contributed by atoms with van der Waals surface area (Å²) in [6.45, 7) is 4.71. The minimum Gasteiger partial charge on any atom is -0.494 e. The fourth-order valence-electron chi connectivity index (χ4n) is 3.60. The number of thiazole rings is 1. The minimum absolute atomic E-state index is 0.00392. The highest BCUT2D eigenvalue weighted by molar-refractivity contribution is 7.13. The summed E-state index contributed by atoms with van der Waals surface area (Å²) in [5.41, 5.74) is 0.924. The summed E-state index contributed by atoms with van der Waals surface area (Å²) in [6, 6.07) is 4.96. The van der Waals surface area contributed by atoms with Crippen LogP contribution in [0.3, 0.4) is 0 Å². The first kappa shape index (κ1) is 28.4. The van der Waals surface area contributed by atoms with E-state index < -0.39 is 5.91 Å². The number of hydrogen-bond acceptors (Lipinski definition) is 9. The number of aromatic nitrogens is 1. The lowest BCUT2D eigenvalue weighted by Crippen LogP contribution is -2.39. The molecular formula is C25H35N5O6S. The Hall–Kier alpha value is -3.22. The fraction of sp³-hybridized carbons (Fsp3) is 0.520. The van der Waals surface area contributed by atoms with Gasteiger partial charge in [-0.2, -0.15) is 0 Å². The Bertz CT molecular complexity index is 1060. The van der Waals surface area contributed by atoms with Crippen LogP contribution in [0.25, 0.3) is 0 Å². The van der Waals surface area contributed by atoms with Crippen LogP contribution in [-0.4, -0.2) is 82.4 Å². The maximum absolute atomic E-state index is 13.2. The molecule has 12 heteroatoms. The Morgan fingerprint density at radius 1 is 1.19 bits per heavy atom. The highest BCUT2D eigenvalue weighted by Gasteiger charge is 2.22. The molecule has 3 rings (SSSR count). The second kappa shape index (κ2) is 14.5. The number of nitrogens with one attached hydrogen (secondary N) is 3. The zero-order chi connectivity index (χ0) is 26.6. The smallest absolute Gasteiger partial charge is 0.275 e. The number of carbonyl (C=O) groups is 3. The Labute approximate surface area is 220 Å². The van der Waals surface area contributed by atoms with Gasteiger partial charge in [0.05, 0.1) is 24.5 Å². The molecular weight excluding hydrogens is 498 g/mol. The molecule has 1 aromatic heterocycles. The van der Waals surface area contributed by atoms with Crippen molar-refractivity contribution in [2.75, 3.05) is 63.9 Å². The molecule has 0 spiro atoms. The average Bonchev–Trinajstić information content (AvgIpc) is 3.39. The number of anilines is 2. The third kappa shape index (κ3) is 8.99. The van der Waals surface area contributed by atoms with E-state index in [9.17, 15) is 14.4 Å². The third-order valence-electron chi connectivity index (χ3n) is 5.69. The molecule has 3 amide bonds. The van der Waals surface area contributed by atoms with E-state index in [-0.39, 0.29) is 23.6 Å². The maximum Gasteiger partial charge on any atom is 0.275 e. The molecule has 11 nitrogen and oxygen atoms in total. The summed E-state index contributed by atoms with van der Waals surface area (Å²) >= 11 is 1.36. The van der Waals surface area contributed by atoms with E-state index in [0.29, 0.717) is 68.1 Å². The van der Waals surface area contributed by atoms with Gasteiger partial charge in [0.25, 0.3) is 11.8 Å². The van der Waals surface area contributed by atoms with Crippen molar-refractivity contribution >= 4 is 39.9 Å². The molecule has 2 heterocycles. The number of nitrogens with zero attached hydrogens (tertiary/aromatic N) is 2. The van der Waals surface area contributed by atoms with Crippen LogP contribution in [-0.2, 0) is 14.3 Å². The lowest BCUT2D eigenvalue weighted by atomic mass is 10.1. The van der Waals surface area contributed by atoms with Gasteiger partial charge in [-0.1, -0.05) is 0 Å². The Balaban J connectivity index is 1.71. The van der Waals surface area contributed by atoms with Crippen molar-refractivity contribution in [3.05, 3.63) is 34.8 Å². The van der Waals surface area contributed by atoms with Crippen LogP contribution in [0.2, 0.25) is 0 Å². The molecule has 1 aliphatic heterocycles. The van der Waals surface area contributed by atoms with Crippen LogP contribution in [0.1, 0.15) is 47.0 Å². The fourth-order valence-corrected chi connectivity index (χ4v) is 4.39. The molecule has 0 saturated carbocycles. The van der Waals surface area contributed by atoms with Gasteiger partial charge in [-0.25, -0.2) is 4.98 Å². The quantitative estimate of drug-likeness (QED) is 0.334. The summed E-state index contributed by atoms with van der Waals surface area (Å²) in [4.78, 5) is 43.5. The average molecular weight is 534 g/mol. The van der Waals surface area contributed by atoms with Gasteiger partial charge in [0, 0.05) is 58.8 Å². The normalized spacial score (nSPS) is 13.6. The van der Waals surface area contributed by atoms with Crippen LogP contribution < -0.4 is 25.6 Å². The van der Waals surface area contributed by atoms with E-state index in [1.807, 2.05) is 11.9 Å². The van der Waals surface area contributed by atoms with E-state index in [1.165, 1.54) is 18.3 Å². The van der Waals surface area contributed by atoms with E-state index in [2.05, 4.69) is 20.9 Å². The largest absolute Gasteiger partial charge is 0.494 e. The lowest BCUT2D eigenvalue weighted by Gasteiger charge is -2.23. The Morgan fingerprint density at radius 3 is 2.70 bits per heavy atom. The zero-order valence-electron chi connectivity index (χ0n) is 21.5. The van der Waals surface area contributed by atoms with Gasteiger partial charge in [0.1, 0.15) is 11.4 Å². The van der Waals surface area contributed by atoms with Gasteiger partial charge in [0.2, 0.25) is 5.91 Å². The third-order valence-corrected chi connectivity index (χ3v) is 6.64. The van der Waals surface area contributed by atoms with Crippen LogP contribution in [0.5, 0.6) is 5.75 Å². The van der Waals surface area contributed by atoms with Crippen molar-refractivity contribution in [3.8, 4) is 5.75 Å². The standard InChI is InChI=1S/C25H35N5O6S/c1-17(31)26-9-4-11-36-19-5-6-21(20(15-19)23(32)27-18-7-12-35-13-8-18)28-24(33)22-16-37-25(29-22)30(2)10-14-34-3/h5-6,15-16,18H,4,7-14H2,1-3H3,(H,26,31)(H,27,32)(H,28,33). The predicted molar refractivity (Wildman–Crippen MR) is 142 cm³/mol. The van der Waals surface area contributed by atoms with E-state index in [4.69, 9.17) is 14.2 Å². The molecule has 1 aliphatic rings. The molecule has 202 valence electrons. The van der Waals surface area contributed by atoms with Crippen LogP contribution in [0, 0.1) is 0 Å². The van der Waals surface area contributed by atoms with E-state index >= 15 is 0 Å². The second-order valence-electron chi connectivity index (χ2n) is 8.64. The number of benzene rings is 1. The lowest BCUT2D eigenvalue weighted by molar-refractivity contribution is -0.118. The van der Waals surface area contributed by atoms with Crippen molar-refractivity contribution in [3.63, 3.8) is 0 Å². The topological polar surface area (TPSA) is 131 Å². The molecule has 1 saturated heterocycles. The first-order chi connectivity index (χ1) is 17.9. The second-order valence-corrected chi connectivity index (χ2v) is 9.47. The number of amides is 3. The Kier molecular flexibility index (Phi) is 11.1. The number of methoxy groups -OCH3 is 1. The molecule has 1 fully saturated rings. The SMILES string of the molecule is COCCN(C)c1nc(C(=O)Nc2ccc(OCCCNC(C)=O)cc2C(=O)NC2CCOCC2)cs1. The van der Waals surface area contributed by atoms with Gasteiger partial charge in [-0.3, -0.25) is 14.4 Å². The van der Waals surface area contributed by atoms with Crippen molar-refractivity contribution in [2.24, 2.45) is 0 Å². The Morgan fingerprint density at radius 2 is 1.97 bits per heavy atom. The van der Waals surface area contributed by atoms with Crippen molar-refractivity contribution in [1.29, 1.82) is 0 Å². The first-order valence-corrected chi connectivity index (χ1v) is 13.1. The summed E-state index contributed by atoms with van der Waals surface area (Å²) in [7, 11) is 3.51. The summed E-state index contributed by atoms with van der Waals surface area (Å²) in [6.07, 6.45) is 2.07. The predicted octanol–water partition coefficient (Wildman–Crippen LogP) is 2.29. The molecule has 0 unspecified atom stereocenters. The number of hydrogen-bond donors (Lipinski definition) is 3. The van der Waals surface area contributed by atoms with Gasteiger partial charge in [-0.05, 0) is 37.5 Å². The number of likely N-dealkylation sites (N-methyl/N-ethyl adjacent to an activating group) is 1. The molecule has 37 heavy (non-hydrogen) atoms. The van der Waals surface area contributed by atoms with Gasteiger partial charge < -0.3 is 35.1 Å². The van der Waals surface area contributed by atoms with Crippen molar-refractivity contribution in [1.82, 2.24) is 15.6 Å². The summed E-state index contributed by atoms with van der Waals surface area (Å²) in [5, 5.41) is 11.0. The summed E-state index contributed by atoms with van der Waals surface area (Å²) in [5.74, 6) is -0.314. The number of rotatable bonds is 13. The molecule has 0 radical (unpaired) electrons. The highest BCUT2D eigenvalue weighted by Crippen LogP contribution is 2.25. The van der Waals surface area contributed by atoms with Crippen LogP contribution in [0.4, 0.5) is 10.8 Å². The minimum atomic E-state index is -0.410. The van der Waals surface area contributed by atoms with Crippen molar-refractivity contribution < 1.29 is 28.6 Å². The highest BCUT2D eigenvalue weighted by atomic mass is 32.1.